The maximum Gasteiger partial charge on any atom is 0.143 e. The van der Waals surface area contributed by atoms with Crippen molar-refractivity contribution in [3.05, 3.63) is 17.0 Å². The molecule has 0 radical (unpaired) electrons. The lowest BCUT2D eigenvalue weighted by Crippen LogP contribution is -2.17. The zero-order valence-corrected chi connectivity index (χ0v) is 9.79. The third kappa shape index (κ3) is 2.67. The number of halogens is 1. The van der Waals surface area contributed by atoms with Crippen LogP contribution in [0.1, 0.15) is 26.2 Å². The predicted octanol–water partition coefficient (Wildman–Crippen LogP) is 2.84. The molecule has 1 aromatic heterocycles. The first kappa shape index (κ1) is 9.90. The van der Waals surface area contributed by atoms with Crippen LogP contribution in [-0.4, -0.2) is 16.0 Å². The van der Waals surface area contributed by atoms with E-state index >= 15 is 0 Å². The maximum atomic E-state index is 4.18. The van der Waals surface area contributed by atoms with Crippen LogP contribution in [0, 0.1) is 5.92 Å². The second-order valence-corrected chi connectivity index (χ2v) is 4.80. The van der Waals surface area contributed by atoms with Crippen LogP contribution in [0.15, 0.2) is 17.0 Å². The number of hydrogen-bond acceptors (Lipinski definition) is 3. The summed E-state index contributed by atoms with van der Waals surface area (Å²) in [6, 6.07) is 0.494. The van der Waals surface area contributed by atoms with Gasteiger partial charge in [-0.25, -0.2) is 9.97 Å². The van der Waals surface area contributed by atoms with Crippen molar-refractivity contribution in [3.8, 4) is 0 Å². The molecule has 2 rings (SSSR count). The van der Waals surface area contributed by atoms with E-state index < -0.39 is 0 Å². The number of anilines is 1. The fourth-order valence-corrected chi connectivity index (χ4v) is 1.90. The Morgan fingerprint density at radius 1 is 1.64 bits per heavy atom. The van der Waals surface area contributed by atoms with Gasteiger partial charge in [-0.1, -0.05) is 12.8 Å². The SMILES string of the molecule is CC(CC1CC1)Nc1ncncc1Br. The van der Waals surface area contributed by atoms with Crippen molar-refractivity contribution in [2.24, 2.45) is 5.92 Å². The summed E-state index contributed by atoms with van der Waals surface area (Å²) in [5, 5.41) is 3.38. The van der Waals surface area contributed by atoms with Crippen molar-refractivity contribution in [3.63, 3.8) is 0 Å². The molecular weight excluding hydrogens is 242 g/mol. The molecule has 1 atom stereocenters. The van der Waals surface area contributed by atoms with Crippen molar-refractivity contribution < 1.29 is 0 Å². The highest BCUT2D eigenvalue weighted by atomic mass is 79.9. The van der Waals surface area contributed by atoms with Crippen LogP contribution in [0.25, 0.3) is 0 Å². The fraction of sp³-hybridized carbons (Fsp3) is 0.600. The molecular formula is C10H14BrN3. The first-order valence-electron chi connectivity index (χ1n) is 4.97. The first-order valence-corrected chi connectivity index (χ1v) is 5.77. The van der Waals surface area contributed by atoms with E-state index in [2.05, 4.69) is 38.1 Å². The third-order valence-corrected chi connectivity index (χ3v) is 3.01. The van der Waals surface area contributed by atoms with E-state index in [0.29, 0.717) is 6.04 Å². The molecule has 0 aromatic carbocycles. The molecule has 1 fully saturated rings. The topological polar surface area (TPSA) is 37.8 Å². The van der Waals surface area contributed by atoms with Crippen LogP contribution in [0.5, 0.6) is 0 Å². The molecule has 1 unspecified atom stereocenters. The van der Waals surface area contributed by atoms with Gasteiger partial charge in [0.2, 0.25) is 0 Å². The zero-order chi connectivity index (χ0) is 9.97. The van der Waals surface area contributed by atoms with Crippen molar-refractivity contribution in [2.45, 2.75) is 32.2 Å². The second-order valence-electron chi connectivity index (χ2n) is 3.94. The molecule has 4 heteroatoms. The van der Waals surface area contributed by atoms with Gasteiger partial charge in [0.15, 0.2) is 0 Å². The van der Waals surface area contributed by atoms with Gasteiger partial charge in [-0.2, -0.15) is 0 Å². The standard InChI is InChI=1S/C10H14BrN3/c1-7(4-8-2-3-8)14-10-9(11)5-12-6-13-10/h5-8H,2-4H2,1H3,(H,12,13,14). The molecule has 1 aromatic rings. The van der Waals surface area contributed by atoms with E-state index in [1.165, 1.54) is 19.3 Å². The van der Waals surface area contributed by atoms with Gasteiger partial charge in [0.1, 0.15) is 12.1 Å². The first-order chi connectivity index (χ1) is 6.75. The summed E-state index contributed by atoms with van der Waals surface area (Å²) in [7, 11) is 0. The quantitative estimate of drug-likeness (QED) is 0.900. The monoisotopic (exact) mass is 255 g/mol. The van der Waals surface area contributed by atoms with Gasteiger partial charge in [0.25, 0.3) is 0 Å². The van der Waals surface area contributed by atoms with Gasteiger partial charge in [-0.3, -0.25) is 0 Å². The minimum Gasteiger partial charge on any atom is -0.367 e. The highest BCUT2D eigenvalue weighted by Crippen LogP contribution is 2.34. The van der Waals surface area contributed by atoms with Gasteiger partial charge < -0.3 is 5.32 Å². The number of nitrogens with zero attached hydrogens (tertiary/aromatic N) is 2. The van der Waals surface area contributed by atoms with Crippen LogP contribution in [-0.2, 0) is 0 Å². The summed E-state index contributed by atoms with van der Waals surface area (Å²) in [5.74, 6) is 1.84. The molecule has 1 saturated carbocycles. The molecule has 1 aliphatic carbocycles. The summed E-state index contributed by atoms with van der Waals surface area (Å²) in [4.78, 5) is 8.10. The lowest BCUT2D eigenvalue weighted by Gasteiger charge is -2.14. The molecule has 0 amide bonds. The Hall–Kier alpha value is -0.640. The summed E-state index contributed by atoms with van der Waals surface area (Å²) in [6.45, 7) is 2.20. The van der Waals surface area contributed by atoms with Gasteiger partial charge >= 0.3 is 0 Å². The number of hydrogen-bond donors (Lipinski definition) is 1. The lowest BCUT2D eigenvalue weighted by atomic mass is 10.1. The van der Waals surface area contributed by atoms with Gasteiger partial charge in [-0.05, 0) is 35.2 Å². The summed E-state index contributed by atoms with van der Waals surface area (Å²) in [6.07, 6.45) is 7.38. The second kappa shape index (κ2) is 4.26. The summed E-state index contributed by atoms with van der Waals surface area (Å²) in [5.41, 5.74) is 0. The highest BCUT2D eigenvalue weighted by Gasteiger charge is 2.23. The van der Waals surface area contributed by atoms with Crippen LogP contribution in [0.4, 0.5) is 5.82 Å². The van der Waals surface area contributed by atoms with E-state index in [4.69, 9.17) is 0 Å². The molecule has 0 bridgehead atoms. The zero-order valence-electron chi connectivity index (χ0n) is 8.20. The Labute approximate surface area is 92.5 Å². The lowest BCUT2D eigenvalue weighted by molar-refractivity contribution is 0.639. The third-order valence-electron chi connectivity index (χ3n) is 2.43. The minimum atomic E-state index is 0.494. The fourth-order valence-electron chi connectivity index (χ4n) is 1.56. The predicted molar refractivity (Wildman–Crippen MR) is 60.2 cm³/mol. The molecule has 1 N–H and O–H groups in total. The van der Waals surface area contributed by atoms with Crippen molar-refractivity contribution >= 4 is 21.7 Å². The van der Waals surface area contributed by atoms with Crippen molar-refractivity contribution in [2.75, 3.05) is 5.32 Å². The Kier molecular flexibility index (Phi) is 3.01. The minimum absolute atomic E-state index is 0.494. The van der Waals surface area contributed by atoms with Gasteiger partial charge in [-0.15, -0.1) is 0 Å². The average Bonchev–Trinajstić information content (AvgIpc) is 2.93. The van der Waals surface area contributed by atoms with E-state index in [1.807, 2.05) is 0 Å². The Morgan fingerprint density at radius 2 is 2.43 bits per heavy atom. The molecule has 1 heterocycles. The maximum absolute atomic E-state index is 4.18. The summed E-state index contributed by atoms with van der Waals surface area (Å²) < 4.78 is 0.933. The van der Waals surface area contributed by atoms with E-state index in [9.17, 15) is 0 Å². The Bertz CT molecular complexity index is 312. The van der Waals surface area contributed by atoms with Crippen LogP contribution in [0.2, 0.25) is 0 Å². The highest BCUT2D eigenvalue weighted by molar-refractivity contribution is 9.10. The number of rotatable bonds is 4. The molecule has 0 spiro atoms. The van der Waals surface area contributed by atoms with Crippen LogP contribution < -0.4 is 5.32 Å². The normalized spacial score (nSPS) is 17.9. The molecule has 76 valence electrons. The van der Waals surface area contributed by atoms with E-state index in [0.717, 1.165) is 16.2 Å². The smallest absolute Gasteiger partial charge is 0.143 e. The van der Waals surface area contributed by atoms with E-state index in [-0.39, 0.29) is 0 Å². The Morgan fingerprint density at radius 3 is 3.07 bits per heavy atom. The average molecular weight is 256 g/mol. The molecule has 3 nitrogen and oxygen atoms in total. The molecule has 14 heavy (non-hydrogen) atoms. The van der Waals surface area contributed by atoms with Gasteiger partial charge in [0, 0.05) is 12.2 Å². The molecule has 1 aliphatic rings. The molecule has 0 aliphatic heterocycles. The molecule has 0 saturated heterocycles. The van der Waals surface area contributed by atoms with Gasteiger partial charge in [0.05, 0.1) is 4.47 Å². The van der Waals surface area contributed by atoms with Crippen molar-refractivity contribution in [1.29, 1.82) is 0 Å². The number of nitrogens with one attached hydrogen (secondary N) is 1. The van der Waals surface area contributed by atoms with Crippen LogP contribution in [0.3, 0.4) is 0 Å². The number of aromatic nitrogens is 2. The van der Waals surface area contributed by atoms with Crippen LogP contribution >= 0.6 is 15.9 Å². The Balaban J connectivity index is 1.91. The largest absolute Gasteiger partial charge is 0.367 e. The van der Waals surface area contributed by atoms with E-state index in [1.54, 1.807) is 12.5 Å². The van der Waals surface area contributed by atoms with Crippen molar-refractivity contribution in [1.82, 2.24) is 9.97 Å². The summed E-state index contributed by atoms with van der Waals surface area (Å²) >= 11 is 3.42.